The van der Waals surface area contributed by atoms with E-state index in [1.165, 1.54) is 24.2 Å². The number of nitro groups is 1. The number of hydrogen-bond donors (Lipinski definition) is 1. The monoisotopic (exact) mass is 239 g/mol. The first kappa shape index (κ1) is 11.2. The highest BCUT2D eigenvalue weighted by atomic mass is 32.2. The number of rotatable bonds is 4. The van der Waals surface area contributed by atoms with Crippen LogP contribution in [0.25, 0.3) is 0 Å². The smallest absolute Gasteiger partial charge is 0.311 e. The molecule has 1 aliphatic rings. The lowest BCUT2D eigenvalue weighted by molar-refractivity contribution is -0.384. The second kappa shape index (κ2) is 4.69. The Morgan fingerprint density at radius 2 is 2.31 bits per heavy atom. The summed E-state index contributed by atoms with van der Waals surface area (Å²) in [5, 5.41) is 14.8. The molecule has 1 fully saturated rings. The summed E-state index contributed by atoms with van der Waals surface area (Å²) in [4.78, 5) is 14.7. The van der Waals surface area contributed by atoms with E-state index in [9.17, 15) is 10.1 Å². The minimum Gasteiger partial charge on any atom is -0.362 e. The SMILES string of the molecule is CSc1ccc([N+](=O)[O-])c(NC2CCC2)n1. The molecule has 0 saturated heterocycles. The fourth-order valence-corrected chi connectivity index (χ4v) is 1.93. The average molecular weight is 239 g/mol. The molecule has 1 aliphatic carbocycles. The summed E-state index contributed by atoms with van der Waals surface area (Å²) >= 11 is 1.48. The van der Waals surface area contributed by atoms with Crippen molar-refractivity contribution >= 4 is 23.3 Å². The first-order chi connectivity index (χ1) is 7.70. The van der Waals surface area contributed by atoms with Gasteiger partial charge in [0, 0.05) is 12.1 Å². The molecule has 16 heavy (non-hydrogen) atoms. The molecule has 1 N–H and O–H groups in total. The molecule has 0 atom stereocenters. The van der Waals surface area contributed by atoms with Crippen molar-refractivity contribution in [3.05, 3.63) is 22.2 Å². The number of nitrogens with zero attached hydrogens (tertiary/aromatic N) is 2. The van der Waals surface area contributed by atoms with E-state index in [0.29, 0.717) is 11.9 Å². The predicted molar refractivity (Wildman–Crippen MR) is 63.9 cm³/mol. The predicted octanol–water partition coefficient (Wildman–Crippen LogP) is 2.68. The van der Waals surface area contributed by atoms with Crippen molar-refractivity contribution in [2.75, 3.05) is 11.6 Å². The Bertz CT molecular complexity index is 407. The summed E-state index contributed by atoms with van der Waals surface area (Å²) in [6.07, 6.45) is 5.24. The molecule has 6 heteroatoms. The fourth-order valence-electron chi connectivity index (χ4n) is 1.55. The maximum Gasteiger partial charge on any atom is 0.311 e. The van der Waals surface area contributed by atoms with Crippen LogP contribution >= 0.6 is 11.8 Å². The van der Waals surface area contributed by atoms with Gasteiger partial charge in [-0.15, -0.1) is 11.8 Å². The summed E-state index contributed by atoms with van der Waals surface area (Å²) in [5.74, 6) is 0.404. The highest BCUT2D eigenvalue weighted by molar-refractivity contribution is 7.98. The van der Waals surface area contributed by atoms with Crippen LogP contribution in [-0.2, 0) is 0 Å². The number of nitrogens with one attached hydrogen (secondary N) is 1. The molecule has 1 saturated carbocycles. The Morgan fingerprint density at radius 1 is 1.56 bits per heavy atom. The van der Waals surface area contributed by atoms with E-state index in [0.717, 1.165) is 17.9 Å². The van der Waals surface area contributed by atoms with Gasteiger partial charge in [-0.25, -0.2) is 4.98 Å². The minimum absolute atomic E-state index is 0.0599. The van der Waals surface area contributed by atoms with Crippen LogP contribution < -0.4 is 5.32 Å². The van der Waals surface area contributed by atoms with E-state index in [1.54, 1.807) is 6.07 Å². The van der Waals surface area contributed by atoms with Crippen LogP contribution in [-0.4, -0.2) is 22.2 Å². The van der Waals surface area contributed by atoms with Gasteiger partial charge in [-0.1, -0.05) is 0 Å². The topological polar surface area (TPSA) is 68.1 Å². The molecule has 0 amide bonds. The summed E-state index contributed by atoms with van der Waals surface area (Å²) in [6, 6.07) is 3.54. The molecule has 1 aromatic rings. The average Bonchev–Trinajstić information content (AvgIpc) is 2.22. The highest BCUT2D eigenvalue weighted by Gasteiger charge is 2.22. The Morgan fingerprint density at radius 3 is 2.81 bits per heavy atom. The third-order valence-electron chi connectivity index (χ3n) is 2.70. The van der Waals surface area contributed by atoms with Crippen LogP contribution in [0.5, 0.6) is 0 Å². The number of hydrogen-bond acceptors (Lipinski definition) is 5. The van der Waals surface area contributed by atoms with Gasteiger partial charge >= 0.3 is 5.69 Å². The third-order valence-corrected chi connectivity index (χ3v) is 3.35. The van der Waals surface area contributed by atoms with Crippen molar-refractivity contribution in [2.45, 2.75) is 30.3 Å². The zero-order valence-corrected chi connectivity index (χ0v) is 9.79. The molecular formula is C10H13N3O2S. The maximum atomic E-state index is 10.8. The van der Waals surface area contributed by atoms with Crippen molar-refractivity contribution in [1.29, 1.82) is 0 Å². The number of pyridine rings is 1. The van der Waals surface area contributed by atoms with Crippen LogP contribution in [0.1, 0.15) is 19.3 Å². The molecule has 1 aromatic heterocycles. The lowest BCUT2D eigenvalue weighted by Crippen LogP contribution is -2.27. The molecule has 0 spiro atoms. The molecule has 0 unspecified atom stereocenters. The van der Waals surface area contributed by atoms with Gasteiger partial charge in [-0.3, -0.25) is 10.1 Å². The van der Waals surface area contributed by atoms with E-state index in [1.807, 2.05) is 6.26 Å². The lowest BCUT2D eigenvalue weighted by atomic mass is 9.93. The second-order valence-electron chi connectivity index (χ2n) is 3.75. The highest BCUT2D eigenvalue weighted by Crippen LogP contribution is 2.29. The first-order valence-electron chi connectivity index (χ1n) is 5.16. The Kier molecular flexibility index (Phi) is 3.28. The van der Waals surface area contributed by atoms with Crippen molar-refractivity contribution in [3.8, 4) is 0 Å². The fraction of sp³-hybridized carbons (Fsp3) is 0.500. The zero-order valence-electron chi connectivity index (χ0n) is 8.97. The number of aromatic nitrogens is 1. The van der Waals surface area contributed by atoms with E-state index in [2.05, 4.69) is 10.3 Å². The van der Waals surface area contributed by atoms with Crippen LogP contribution in [0.3, 0.4) is 0 Å². The molecule has 5 nitrogen and oxygen atoms in total. The molecule has 0 radical (unpaired) electrons. The van der Waals surface area contributed by atoms with E-state index < -0.39 is 4.92 Å². The summed E-state index contributed by atoms with van der Waals surface area (Å²) < 4.78 is 0. The van der Waals surface area contributed by atoms with Gasteiger partial charge < -0.3 is 5.32 Å². The van der Waals surface area contributed by atoms with Gasteiger partial charge in [-0.05, 0) is 31.6 Å². The zero-order chi connectivity index (χ0) is 11.5. The number of thioether (sulfide) groups is 1. The van der Waals surface area contributed by atoms with E-state index in [-0.39, 0.29) is 5.69 Å². The Labute approximate surface area is 97.8 Å². The molecular weight excluding hydrogens is 226 g/mol. The Balaban J connectivity index is 2.25. The first-order valence-corrected chi connectivity index (χ1v) is 6.39. The van der Waals surface area contributed by atoms with Crippen LogP contribution in [0, 0.1) is 10.1 Å². The molecule has 86 valence electrons. The summed E-state index contributed by atoms with van der Waals surface area (Å²) in [5.41, 5.74) is 0.0599. The van der Waals surface area contributed by atoms with Crippen molar-refractivity contribution in [1.82, 2.24) is 4.98 Å². The van der Waals surface area contributed by atoms with Crippen LogP contribution in [0.2, 0.25) is 0 Å². The minimum atomic E-state index is -0.391. The summed E-state index contributed by atoms with van der Waals surface area (Å²) in [6.45, 7) is 0. The molecule has 2 rings (SSSR count). The quantitative estimate of drug-likeness (QED) is 0.497. The largest absolute Gasteiger partial charge is 0.362 e. The van der Waals surface area contributed by atoms with Crippen LogP contribution in [0.15, 0.2) is 17.2 Å². The third kappa shape index (κ3) is 2.27. The van der Waals surface area contributed by atoms with Crippen molar-refractivity contribution in [2.24, 2.45) is 0 Å². The molecule has 0 aromatic carbocycles. The van der Waals surface area contributed by atoms with Crippen molar-refractivity contribution < 1.29 is 4.92 Å². The van der Waals surface area contributed by atoms with Crippen molar-refractivity contribution in [3.63, 3.8) is 0 Å². The number of anilines is 1. The second-order valence-corrected chi connectivity index (χ2v) is 4.58. The van der Waals surface area contributed by atoms with Gasteiger partial charge in [0.25, 0.3) is 0 Å². The van der Waals surface area contributed by atoms with E-state index in [4.69, 9.17) is 0 Å². The molecule has 0 aliphatic heterocycles. The molecule has 1 heterocycles. The van der Waals surface area contributed by atoms with Gasteiger partial charge in [0.15, 0.2) is 0 Å². The maximum absolute atomic E-state index is 10.8. The van der Waals surface area contributed by atoms with Gasteiger partial charge in [0.1, 0.15) is 0 Å². The van der Waals surface area contributed by atoms with Gasteiger partial charge in [0.05, 0.1) is 9.95 Å². The van der Waals surface area contributed by atoms with E-state index >= 15 is 0 Å². The Hall–Kier alpha value is -1.30. The van der Waals surface area contributed by atoms with Gasteiger partial charge in [-0.2, -0.15) is 0 Å². The standard InChI is InChI=1S/C10H13N3O2S/c1-16-9-6-5-8(13(14)15)10(12-9)11-7-3-2-4-7/h5-7H,2-4H2,1H3,(H,11,12). The van der Waals surface area contributed by atoms with Gasteiger partial charge in [0.2, 0.25) is 5.82 Å². The lowest BCUT2D eigenvalue weighted by Gasteiger charge is -2.26. The summed E-state index contributed by atoms with van der Waals surface area (Å²) in [7, 11) is 0. The normalized spacial score (nSPS) is 15.6. The van der Waals surface area contributed by atoms with Crippen LogP contribution in [0.4, 0.5) is 11.5 Å². The molecule has 0 bridgehead atoms.